The molecule has 0 aliphatic rings. The van der Waals surface area contributed by atoms with Crippen molar-refractivity contribution >= 4 is 10.9 Å². The number of para-hydroxylation sites is 1. The van der Waals surface area contributed by atoms with Gasteiger partial charge in [0.1, 0.15) is 5.69 Å². The van der Waals surface area contributed by atoms with Crippen molar-refractivity contribution < 1.29 is 0 Å². The van der Waals surface area contributed by atoms with Crippen molar-refractivity contribution in [3.8, 4) is 11.5 Å². The molecule has 5 nitrogen and oxygen atoms in total. The second kappa shape index (κ2) is 5.46. The van der Waals surface area contributed by atoms with E-state index in [1.807, 2.05) is 37.3 Å². The molecule has 0 atom stereocenters. The van der Waals surface area contributed by atoms with Crippen molar-refractivity contribution in [1.29, 1.82) is 0 Å². The van der Waals surface area contributed by atoms with E-state index >= 15 is 0 Å². The van der Waals surface area contributed by atoms with Gasteiger partial charge in [-0.15, -0.1) is 0 Å². The second-order valence-electron chi connectivity index (χ2n) is 4.97. The van der Waals surface area contributed by atoms with E-state index in [9.17, 15) is 4.79 Å². The molecule has 0 unspecified atom stereocenters. The number of fused-ring (bicyclic) bond motifs is 1. The monoisotopic (exact) mass is 280 g/mol. The molecule has 0 aliphatic carbocycles. The zero-order chi connectivity index (χ0) is 14.8. The van der Waals surface area contributed by atoms with E-state index in [1.54, 1.807) is 0 Å². The maximum atomic E-state index is 11.7. The lowest BCUT2D eigenvalue weighted by molar-refractivity contribution is 0.903. The molecule has 0 saturated heterocycles. The Morgan fingerprint density at radius 3 is 2.81 bits per heavy atom. The third kappa shape index (κ3) is 2.68. The lowest BCUT2D eigenvalue weighted by atomic mass is 10.1. The fraction of sp³-hybridized carbons (Fsp3) is 0.188. The van der Waals surface area contributed by atoms with Gasteiger partial charge in [0.05, 0.1) is 5.52 Å². The van der Waals surface area contributed by atoms with Gasteiger partial charge in [-0.3, -0.25) is 4.79 Å². The minimum Gasteiger partial charge on any atom is -0.330 e. The number of aromatic amines is 1. The van der Waals surface area contributed by atoms with Crippen LogP contribution in [0.5, 0.6) is 0 Å². The van der Waals surface area contributed by atoms with Gasteiger partial charge in [-0.1, -0.05) is 18.2 Å². The van der Waals surface area contributed by atoms with Crippen LogP contribution in [0.3, 0.4) is 0 Å². The number of H-pyrrole nitrogens is 1. The lowest BCUT2D eigenvalue weighted by Gasteiger charge is -2.07. The minimum atomic E-state index is -0.184. The summed E-state index contributed by atoms with van der Waals surface area (Å²) in [5.74, 6) is 0.486. The number of nitrogens with two attached hydrogens (primary N) is 1. The summed E-state index contributed by atoms with van der Waals surface area (Å²) in [6.07, 6.45) is 0.573. The quantitative estimate of drug-likeness (QED) is 0.766. The van der Waals surface area contributed by atoms with Gasteiger partial charge in [0, 0.05) is 23.6 Å². The molecule has 1 aromatic carbocycles. The molecular weight excluding hydrogens is 264 g/mol. The molecule has 5 heteroatoms. The fourth-order valence-electron chi connectivity index (χ4n) is 2.38. The smallest absolute Gasteiger partial charge is 0.251 e. The summed E-state index contributed by atoms with van der Waals surface area (Å²) in [5.41, 5.74) is 8.69. The van der Waals surface area contributed by atoms with Crippen LogP contribution in [0.25, 0.3) is 22.4 Å². The van der Waals surface area contributed by atoms with E-state index in [-0.39, 0.29) is 5.56 Å². The molecule has 0 bridgehead atoms. The molecule has 3 rings (SSSR count). The highest BCUT2D eigenvalue weighted by atomic mass is 16.1. The number of hydrogen-bond donors (Lipinski definition) is 2. The van der Waals surface area contributed by atoms with Crippen molar-refractivity contribution in [3.05, 3.63) is 58.0 Å². The average Bonchev–Trinajstić information content (AvgIpc) is 2.47. The van der Waals surface area contributed by atoms with E-state index < -0.39 is 0 Å². The summed E-state index contributed by atoms with van der Waals surface area (Å²) in [4.78, 5) is 23.5. The van der Waals surface area contributed by atoms with Gasteiger partial charge < -0.3 is 10.7 Å². The average molecular weight is 280 g/mol. The minimum absolute atomic E-state index is 0.184. The van der Waals surface area contributed by atoms with Crippen LogP contribution < -0.4 is 11.3 Å². The molecule has 0 fully saturated rings. The molecule has 3 aromatic rings. The molecule has 106 valence electrons. The summed E-state index contributed by atoms with van der Waals surface area (Å²) >= 11 is 0. The lowest BCUT2D eigenvalue weighted by Crippen LogP contribution is -2.13. The van der Waals surface area contributed by atoms with E-state index in [2.05, 4.69) is 15.0 Å². The maximum absolute atomic E-state index is 11.7. The van der Waals surface area contributed by atoms with Gasteiger partial charge in [0.25, 0.3) is 5.56 Å². The molecule has 0 spiro atoms. The Bertz CT molecular complexity index is 854. The van der Waals surface area contributed by atoms with Crippen LogP contribution in [-0.2, 0) is 6.42 Å². The number of aryl methyl sites for hydroxylation is 1. The first-order valence-electron chi connectivity index (χ1n) is 6.84. The van der Waals surface area contributed by atoms with Crippen LogP contribution in [0.15, 0.2) is 41.2 Å². The highest BCUT2D eigenvalue weighted by Gasteiger charge is 2.08. The first-order valence-corrected chi connectivity index (χ1v) is 6.84. The standard InChI is InChI=1S/C16H16N4O/c1-10-8-14(19-13-5-3-2-4-12(10)13)16-18-11(6-7-17)9-15(21)20-16/h2-5,8-9H,6-7,17H2,1H3,(H,18,20,21). The largest absolute Gasteiger partial charge is 0.330 e. The Kier molecular flexibility index (Phi) is 3.50. The molecule has 0 aliphatic heterocycles. The zero-order valence-corrected chi connectivity index (χ0v) is 11.8. The predicted octanol–water partition coefficient (Wildman–Crippen LogP) is 1.79. The number of benzene rings is 1. The molecule has 0 amide bonds. The van der Waals surface area contributed by atoms with Gasteiger partial charge in [0.15, 0.2) is 5.82 Å². The fourth-order valence-corrected chi connectivity index (χ4v) is 2.38. The van der Waals surface area contributed by atoms with E-state index in [1.165, 1.54) is 6.07 Å². The first-order chi connectivity index (χ1) is 10.2. The van der Waals surface area contributed by atoms with Crippen LogP contribution in [0.4, 0.5) is 0 Å². The Hall–Kier alpha value is -2.53. The van der Waals surface area contributed by atoms with Gasteiger partial charge in [-0.05, 0) is 31.2 Å². The van der Waals surface area contributed by atoms with Crippen LogP contribution in [0.2, 0.25) is 0 Å². The summed E-state index contributed by atoms with van der Waals surface area (Å²) in [6, 6.07) is 11.3. The molecule has 21 heavy (non-hydrogen) atoms. The van der Waals surface area contributed by atoms with Crippen LogP contribution in [0, 0.1) is 6.92 Å². The molecule has 0 saturated carbocycles. The molecule has 2 heterocycles. The molecular formula is C16H16N4O. The second-order valence-corrected chi connectivity index (χ2v) is 4.97. The topological polar surface area (TPSA) is 84.7 Å². The van der Waals surface area contributed by atoms with Gasteiger partial charge in [0.2, 0.25) is 0 Å². The number of nitrogens with one attached hydrogen (secondary N) is 1. The Balaban J connectivity index is 2.18. The number of aromatic nitrogens is 3. The Morgan fingerprint density at radius 1 is 1.19 bits per heavy atom. The molecule has 2 aromatic heterocycles. The summed E-state index contributed by atoms with van der Waals surface area (Å²) in [6.45, 7) is 2.48. The van der Waals surface area contributed by atoms with Crippen LogP contribution in [-0.4, -0.2) is 21.5 Å². The van der Waals surface area contributed by atoms with Crippen molar-refractivity contribution in [2.24, 2.45) is 5.73 Å². The van der Waals surface area contributed by atoms with Gasteiger partial charge in [-0.2, -0.15) is 0 Å². The van der Waals surface area contributed by atoms with Crippen LogP contribution in [0.1, 0.15) is 11.3 Å². The van der Waals surface area contributed by atoms with E-state index in [0.717, 1.165) is 16.5 Å². The highest BCUT2D eigenvalue weighted by molar-refractivity contribution is 5.84. The van der Waals surface area contributed by atoms with Crippen molar-refractivity contribution in [2.45, 2.75) is 13.3 Å². The molecule has 3 N–H and O–H groups in total. The summed E-state index contributed by atoms with van der Waals surface area (Å²) < 4.78 is 0. The summed E-state index contributed by atoms with van der Waals surface area (Å²) in [5, 5.41) is 1.10. The molecule has 0 radical (unpaired) electrons. The number of pyridine rings is 1. The van der Waals surface area contributed by atoms with Gasteiger partial charge >= 0.3 is 0 Å². The normalized spacial score (nSPS) is 11.0. The predicted molar refractivity (Wildman–Crippen MR) is 83.1 cm³/mol. The van der Waals surface area contributed by atoms with Crippen molar-refractivity contribution in [3.63, 3.8) is 0 Å². The first kappa shape index (κ1) is 13.5. The van der Waals surface area contributed by atoms with E-state index in [0.29, 0.717) is 30.2 Å². The summed E-state index contributed by atoms with van der Waals surface area (Å²) in [7, 11) is 0. The Morgan fingerprint density at radius 2 is 2.00 bits per heavy atom. The number of hydrogen-bond acceptors (Lipinski definition) is 4. The van der Waals surface area contributed by atoms with E-state index in [4.69, 9.17) is 5.73 Å². The number of nitrogens with zero attached hydrogens (tertiary/aromatic N) is 2. The SMILES string of the molecule is Cc1cc(-c2nc(CCN)cc(=O)[nH]2)nc2ccccc12. The third-order valence-corrected chi connectivity index (χ3v) is 3.36. The maximum Gasteiger partial charge on any atom is 0.251 e. The number of rotatable bonds is 3. The highest BCUT2D eigenvalue weighted by Crippen LogP contribution is 2.21. The van der Waals surface area contributed by atoms with Crippen molar-refractivity contribution in [1.82, 2.24) is 15.0 Å². The van der Waals surface area contributed by atoms with Gasteiger partial charge in [-0.25, -0.2) is 9.97 Å². The zero-order valence-electron chi connectivity index (χ0n) is 11.8. The third-order valence-electron chi connectivity index (χ3n) is 3.36. The Labute approximate surface area is 121 Å². The van der Waals surface area contributed by atoms with Crippen LogP contribution >= 0.6 is 0 Å². The van der Waals surface area contributed by atoms with Crippen molar-refractivity contribution in [2.75, 3.05) is 6.54 Å².